The minimum Gasteiger partial charge on any atom is -0.338 e. The van der Waals surface area contributed by atoms with Crippen LogP contribution < -0.4 is 5.69 Å². The summed E-state index contributed by atoms with van der Waals surface area (Å²) in [5, 5.41) is 4.43. The number of rotatable bonds is 3. The second-order valence-corrected chi connectivity index (χ2v) is 7.52. The summed E-state index contributed by atoms with van der Waals surface area (Å²) in [5.74, 6) is 0.892. The highest BCUT2D eigenvalue weighted by molar-refractivity contribution is 7.16. The molecule has 0 bridgehead atoms. The quantitative estimate of drug-likeness (QED) is 0.708. The van der Waals surface area contributed by atoms with Crippen LogP contribution in [0.2, 0.25) is 0 Å². The zero-order chi connectivity index (χ0) is 18.3. The highest BCUT2D eigenvalue weighted by Gasteiger charge is 2.29. The number of carbonyl (C=O) groups excluding carboxylic acids is 1. The molecule has 3 heterocycles. The molecule has 1 aromatic carbocycles. The fraction of sp³-hybridized carbons (Fsp3) is 0.444. The molecule has 0 N–H and O–H groups in total. The molecule has 1 saturated heterocycles. The van der Waals surface area contributed by atoms with Gasteiger partial charge in [0.25, 0.3) is 5.91 Å². The van der Waals surface area contributed by atoms with Crippen LogP contribution >= 0.6 is 11.3 Å². The predicted octanol–water partition coefficient (Wildman–Crippen LogP) is 2.23. The van der Waals surface area contributed by atoms with Crippen molar-refractivity contribution in [1.29, 1.82) is 0 Å². The van der Waals surface area contributed by atoms with Crippen LogP contribution in [0.15, 0.2) is 28.5 Å². The first kappa shape index (κ1) is 17.0. The van der Waals surface area contributed by atoms with Gasteiger partial charge in [-0.2, -0.15) is 5.10 Å². The molecular weight excluding hydrogens is 350 g/mol. The number of hydrogen-bond donors (Lipinski definition) is 0. The lowest BCUT2D eigenvalue weighted by Crippen LogP contribution is -2.40. The second kappa shape index (κ2) is 6.68. The third-order valence-corrected chi connectivity index (χ3v) is 5.81. The number of carbonyl (C=O) groups is 1. The number of hydrogen-bond acceptors (Lipinski definition) is 5. The lowest BCUT2D eigenvalue weighted by atomic mass is 9.96. The molecule has 1 aliphatic rings. The van der Waals surface area contributed by atoms with E-state index in [4.69, 9.17) is 0 Å². The van der Waals surface area contributed by atoms with Crippen molar-refractivity contribution in [3.8, 4) is 0 Å². The molecule has 1 aliphatic heterocycles. The Morgan fingerprint density at radius 3 is 3.04 bits per heavy atom. The van der Waals surface area contributed by atoms with E-state index in [9.17, 15) is 9.59 Å². The van der Waals surface area contributed by atoms with E-state index < -0.39 is 0 Å². The molecule has 3 aromatic rings. The summed E-state index contributed by atoms with van der Waals surface area (Å²) in [4.78, 5) is 31.3. The van der Waals surface area contributed by atoms with Gasteiger partial charge in [0.05, 0.1) is 15.7 Å². The van der Waals surface area contributed by atoms with Gasteiger partial charge in [0.1, 0.15) is 5.82 Å². The molecular formula is C18H21N5O2S. The normalized spacial score (nSPS) is 17.8. The Kier molecular flexibility index (Phi) is 4.36. The van der Waals surface area contributed by atoms with Gasteiger partial charge in [0.2, 0.25) is 0 Å². The largest absolute Gasteiger partial charge is 0.345 e. The molecule has 0 radical (unpaired) electrons. The molecule has 7 nitrogen and oxygen atoms in total. The summed E-state index contributed by atoms with van der Waals surface area (Å²) in [6, 6.07) is 5.69. The van der Waals surface area contributed by atoms with Gasteiger partial charge in [0.15, 0.2) is 0 Å². The number of aryl methyl sites for hydroxylation is 1. The molecule has 2 aromatic heterocycles. The minimum atomic E-state index is -0.0973. The second-order valence-electron chi connectivity index (χ2n) is 6.63. The van der Waals surface area contributed by atoms with Gasteiger partial charge in [-0.1, -0.05) is 0 Å². The van der Waals surface area contributed by atoms with Crippen LogP contribution in [-0.4, -0.2) is 43.2 Å². The minimum absolute atomic E-state index is 0.0194. The zero-order valence-corrected chi connectivity index (χ0v) is 15.7. The third-order valence-electron chi connectivity index (χ3n) is 5.00. The van der Waals surface area contributed by atoms with Crippen molar-refractivity contribution >= 4 is 27.5 Å². The van der Waals surface area contributed by atoms with E-state index in [1.165, 1.54) is 4.68 Å². The van der Waals surface area contributed by atoms with Crippen molar-refractivity contribution in [2.24, 2.45) is 7.05 Å². The molecule has 136 valence electrons. The molecule has 1 atom stereocenters. The summed E-state index contributed by atoms with van der Waals surface area (Å²) < 4.78 is 4.17. The molecule has 0 aliphatic carbocycles. The Hall–Kier alpha value is -2.48. The highest BCUT2D eigenvalue weighted by Crippen LogP contribution is 2.27. The van der Waals surface area contributed by atoms with Crippen LogP contribution in [-0.2, 0) is 13.6 Å². The van der Waals surface area contributed by atoms with Crippen molar-refractivity contribution in [3.63, 3.8) is 0 Å². The van der Waals surface area contributed by atoms with E-state index in [1.807, 2.05) is 30.0 Å². The van der Waals surface area contributed by atoms with Crippen LogP contribution in [0.4, 0.5) is 0 Å². The van der Waals surface area contributed by atoms with E-state index in [0.717, 1.165) is 35.4 Å². The topological polar surface area (TPSA) is 73.0 Å². The lowest BCUT2D eigenvalue weighted by Gasteiger charge is -2.32. The molecule has 1 amide bonds. The number of benzene rings is 1. The Labute approximate surface area is 154 Å². The fourth-order valence-corrected chi connectivity index (χ4v) is 4.33. The highest BCUT2D eigenvalue weighted by atomic mass is 32.1. The van der Waals surface area contributed by atoms with Gasteiger partial charge in [-0.25, -0.2) is 14.5 Å². The summed E-state index contributed by atoms with van der Waals surface area (Å²) in [6.07, 6.45) is 1.84. The smallest absolute Gasteiger partial charge is 0.338 e. The number of aromatic nitrogens is 4. The van der Waals surface area contributed by atoms with Crippen LogP contribution in [0.25, 0.3) is 10.2 Å². The Morgan fingerprint density at radius 1 is 1.38 bits per heavy atom. The third kappa shape index (κ3) is 2.84. The van der Waals surface area contributed by atoms with Gasteiger partial charge in [-0.15, -0.1) is 11.3 Å². The maximum Gasteiger partial charge on any atom is 0.345 e. The van der Waals surface area contributed by atoms with Gasteiger partial charge < -0.3 is 4.90 Å². The Morgan fingerprint density at radius 2 is 2.23 bits per heavy atom. The number of nitrogens with zero attached hydrogens (tertiary/aromatic N) is 5. The van der Waals surface area contributed by atoms with Crippen LogP contribution in [0.5, 0.6) is 0 Å². The fourth-order valence-electron chi connectivity index (χ4n) is 3.67. The summed E-state index contributed by atoms with van der Waals surface area (Å²) >= 11 is 1.57. The number of thiazole rings is 1. The zero-order valence-electron chi connectivity index (χ0n) is 14.9. The molecule has 0 saturated carbocycles. The van der Waals surface area contributed by atoms with Gasteiger partial charge in [-0.3, -0.25) is 9.36 Å². The first-order valence-electron chi connectivity index (χ1n) is 8.84. The number of amides is 1. The first-order chi connectivity index (χ1) is 12.6. The van der Waals surface area contributed by atoms with E-state index in [-0.39, 0.29) is 17.5 Å². The summed E-state index contributed by atoms with van der Waals surface area (Å²) in [5.41, 5.74) is 3.22. The maximum absolute atomic E-state index is 13.0. The van der Waals surface area contributed by atoms with Gasteiger partial charge >= 0.3 is 5.69 Å². The summed E-state index contributed by atoms with van der Waals surface area (Å²) in [6.45, 7) is 3.85. The van der Waals surface area contributed by atoms with Crippen LogP contribution in [0.3, 0.4) is 0 Å². The average molecular weight is 371 g/mol. The Bertz CT molecular complexity index is 1020. The standard InChI is InChI=1S/C18H21N5O2S/c1-3-23-16(20-21(2)18(23)25)13-5-4-8-22(10-13)17(24)12-6-7-15-14(9-12)19-11-26-15/h6-7,9,11,13H,3-5,8,10H2,1-2H3/t13-/m1/s1. The van der Waals surface area contributed by atoms with Crippen molar-refractivity contribution in [2.45, 2.75) is 32.2 Å². The van der Waals surface area contributed by atoms with E-state index in [1.54, 1.807) is 28.5 Å². The first-order valence-corrected chi connectivity index (χ1v) is 9.72. The van der Waals surface area contributed by atoms with Crippen LogP contribution in [0, 0.1) is 0 Å². The summed E-state index contributed by atoms with van der Waals surface area (Å²) in [7, 11) is 1.67. The lowest BCUT2D eigenvalue weighted by molar-refractivity contribution is 0.0703. The van der Waals surface area contributed by atoms with Gasteiger partial charge in [-0.05, 0) is 38.0 Å². The molecule has 1 fully saturated rings. The molecule has 0 unspecified atom stereocenters. The SMILES string of the molecule is CCn1c([C@@H]2CCCN(C(=O)c3ccc4scnc4c3)C2)nn(C)c1=O. The van der Waals surface area contributed by atoms with E-state index in [2.05, 4.69) is 10.1 Å². The van der Waals surface area contributed by atoms with Crippen molar-refractivity contribution in [1.82, 2.24) is 24.2 Å². The maximum atomic E-state index is 13.0. The predicted molar refractivity (Wildman–Crippen MR) is 101 cm³/mol. The van der Waals surface area contributed by atoms with Crippen molar-refractivity contribution in [3.05, 3.63) is 45.6 Å². The molecule has 26 heavy (non-hydrogen) atoms. The molecule has 4 rings (SSSR count). The van der Waals surface area contributed by atoms with Crippen molar-refractivity contribution < 1.29 is 4.79 Å². The van der Waals surface area contributed by atoms with Gasteiger partial charge in [0, 0.05) is 38.2 Å². The average Bonchev–Trinajstić information content (AvgIpc) is 3.25. The van der Waals surface area contributed by atoms with E-state index in [0.29, 0.717) is 18.7 Å². The van der Waals surface area contributed by atoms with Crippen LogP contribution in [0.1, 0.15) is 41.9 Å². The monoisotopic (exact) mass is 371 g/mol. The molecule has 8 heteroatoms. The number of likely N-dealkylation sites (tertiary alicyclic amines) is 1. The van der Waals surface area contributed by atoms with E-state index >= 15 is 0 Å². The van der Waals surface area contributed by atoms with Crippen molar-refractivity contribution in [2.75, 3.05) is 13.1 Å². The Balaban J connectivity index is 1.59. The number of fused-ring (bicyclic) bond motifs is 1. The molecule has 0 spiro atoms. The number of piperidine rings is 1.